The molecule has 0 bridgehead atoms. The summed E-state index contributed by atoms with van der Waals surface area (Å²) in [7, 11) is 0. The van der Waals surface area contributed by atoms with E-state index in [0.29, 0.717) is 17.7 Å². The minimum Gasteiger partial charge on any atom is -0.481 e. The zero-order valence-corrected chi connectivity index (χ0v) is 10.6. The van der Waals surface area contributed by atoms with Gasteiger partial charge in [0.05, 0.1) is 6.42 Å². The highest BCUT2D eigenvalue weighted by Gasteiger charge is 2.08. The Labute approximate surface area is 107 Å². The maximum absolute atomic E-state index is 11.7. The Bertz CT molecular complexity index is 415. The molecule has 98 valence electrons. The number of carboxylic acid groups (broad SMARTS) is 1. The Morgan fingerprint density at radius 2 is 1.94 bits per heavy atom. The van der Waals surface area contributed by atoms with Crippen LogP contribution >= 0.6 is 0 Å². The van der Waals surface area contributed by atoms with Gasteiger partial charge in [-0.1, -0.05) is 38.0 Å². The van der Waals surface area contributed by atoms with Gasteiger partial charge in [0.2, 0.25) is 5.91 Å². The van der Waals surface area contributed by atoms with Crippen LogP contribution in [0.3, 0.4) is 0 Å². The molecule has 0 aliphatic heterocycles. The molecule has 0 spiro atoms. The van der Waals surface area contributed by atoms with Gasteiger partial charge in [0.1, 0.15) is 0 Å². The first-order valence-corrected chi connectivity index (χ1v) is 6.23. The fraction of sp³-hybridized carbons (Fsp3) is 0.429. The Morgan fingerprint density at radius 3 is 2.61 bits per heavy atom. The number of anilines is 1. The van der Waals surface area contributed by atoms with E-state index < -0.39 is 5.97 Å². The van der Waals surface area contributed by atoms with E-state index in [1.54, 1.807) is 24.3 Å². The second-order valence-corrected chi connectivity index (χ2v) is 4.23. The molecule has 0 atom stereocenters. The zero-order chi connectivity index (χ0) is 13.4. The van der Waals surface area contributed by atoms with Crippen molar-refractivity contribution in [2.45, 2.75) is 39.0 Å². The molecule has 0 unspecified atom stereocenters. The summed E-state index contributed by atoms with van der Waals surface area (Å²) in [6.45, 7) is 2.08. The van der Waals surface area contributed by atoms with Crippen molar-refractivity contribution in [1.29, 1.82) is 0 Å². The lowest BCUT2D eigenvalue weighted by Crippen LogP contribution is -2.13. The molecule has 1 aromatic rings. The van der Waals surface area contributed by atoms with Crippen molar-refractivity contribution in [3.05, 3.63) is 29.8 Å². The maximum atomic E-state index is 11.7. The standard InChI is InChI=1S/C14H19NO3/c1-2-3-4-9-13(16)15-12-8-6-5-7-11(12)10-14(17)18/h5-8H,2-4,9-10H2,1H3,(H,15,16)(H,17,18). The average Bonchev–Trinajstić information content (AvgIpc) is 2.31. The van der Waals surface area contributed by atoms with Crippen LogP contribution in [-0.2, 0) is 16.0 Å². The van der Waals surface area contributed by atoms with Crippen molar-refractivity contribution >= 4 is 17.6 Å². The predicted octanol–water partition coefficient (Wildman–Crippen LogP) is 2.83. The summed E-state index contributed by atoms with van der Waals surface area (Å²) in [6.07, 6.45) is 3.37. The van der Waals surface area contributed by atoms with Gasteiger partial charge >= 0.3 is 5.97 Å². The number of hydrogen-bond donors (Lipinski definition) is 2. The third kappa shape index (κ3) is 4.99. The molecule has 0 saturated carbocycles. The largest absolute Gasteiger partial charge is 0.481 e. The van der Waals surface area contributed by atoms with Crippen molar-refractivity contribution < 1.29 is 14.7 Å². The van der Waals surface area contributed by atoms with Crippen LogP contribution in [-0.4, -0.2) is 17.0 Å². The summed E-state index contributed by atoms with van der Waals surface area (Å²) < 4.78 is 0. The lowest BCUT2D eigenvalue weighted by Gasteiger charge is -2.09. The number of carbonyl (C=O) groups excluding carboxylic acids is 1. The lowest BCUT2D eigenvalue weighted by atomic mass is 10.1. The van der Waals surface area contributed by atoms with Crippen LogP contribution in [0.2, 0.25) is 0 Å². The van der Waals surface area contributed by atoms with Crippen LogP contribution in [0, 0.1) is 0 Å². The highest BCUT2D eigenvalue weighted by Crippen LogP contribution is 2.16. The van der Waals surface area contributed by atoms with E-state index in [1.165, 1.54) is 0 Å². The summed E-state index contributed by atoms with van der Waals surface area (Å²) in [5, 5.41) is 11.6. The first-order chi connectivity index (χ1) is 8.63. The van der Waals surface area contributed by atoms with Crippen molar-refractivity contribution in [3.8, 4) is 0 Å². The Balaban J connectivity index is 2.60. The Hall–Kier alpha value is -1.84. The molecule has 0 saturated heterocycles. The quantitative estimate of drug-likeness (QED) is 0.730. The van der Waals surface area contributed by atoms with Gasteiger partial charge in [0, 0.05) is 12.1 Å². The topological polar surface area (TPSA) is 66.4 Å². The molecular formula is C14H19NO3. The van der Waals surface area contributed by atoms with E-state index in [0.717, 1.165) is 19.3 Å². The Morgan fingerprint density at radius 1 is 1.22 bits per heavy atom. The van der Waals surface area contributed by atoms with E-state index in [1.807, 2.05) is 0 Å². The number of nitrogens with one attached hydrogen (secondary N) is 1. The van der Waals surface area contributed by atoms with Gasteiger partial charge in [-0.15, -0.1) is 0 Å². The zero-order valence-electron chi connectivity index (χ0n) is 10.6. The number of hydrogen-bond acceptors (Lipinski definition) is 2. The number of amides is 1. The molecule has 0 aliphatic rings. The SMILES string of the molecule is CCCCCC(=O)Nc1ccccc1CC(=O)O. The molecule has 4 nitrogen and oxygen atoms in total. The minimum atomic E-state index is -0.900. The molecule has 0 heterocycles. The average molecular weight is 249 g/mol. The number of rotatable bonds is 7. The van der Waals surface area contributed by atoms with Gasteiger partial charge < -0.3 is 10.4 Å². The normalized spacial score (nSPS) is 10.1. The second kappa shape index (κ2) is 7.48. The van der Waals surface area contributed by atoms with Crippen LogP contribution in [0.5, 0.6) is 0 Å². The van der Waals surface area contributed by atoms with Gasteiger partial charge in [-0.05, 0) is 18.1 Å². The van der Waals surface area contributed by atoms with Gasteiger partial charge in [0.15, 0.2) is 0 Å². The monoisotopic (exact) mass is 249 g/mol. The third-order valence-electron chi connectivity index (χ3n) is 2.64. The molecule has 1 rings (SSSR count). The molecule has 1 aromatic carbocycles. The smallest absolute Gasteiger partial charge is 0.307 e. The van der Waals surface area contributed by atoms with Crippen molar-refractivity contribution in [2.75, 3.05) is 5.32 Å². The lowest BCUT2D eigenvalue weighted by molar-refractivity contribution is -0.136. The van der Waals surface area contributed by atoms with Gasteiger partial charge in [-0.3, -0.25) is 9.59 Å². The Kier molecular flexibility index (Phi) is 5.91. The van der Waals surface area contributed by atoms with E-state index >= 15 is 0 Å². The number of carboxylic acids is 1. The molecule has 1 amide bonds. The number of unbranched alkanes of at least 4 members (excludes halogenated alkanes) is 2. The van der Waals surface area contributed by atoms with Gasteiger partial charge in [-0.2, -0.15) is 0 Å². The van der Waals surface area contributed by atoms with Crippen molar-refractivity contribution in [3.63, 3.8) is 0 Å². The number of para-hydroxylation sites is 1. The predicted molar refractivity (Wildman–Crippen MR) is 70.6 cm³/mol. The summed E-state index contributed by atoms with van der Waals surface area (Å²) in [6, 6.07) is 7.00. The summed E-state index contributed by atoms with van der Waals surface area (Å²) in [4.78, 5) is 22.4. The van der Waals surface area contributed by atoms with Crippen molar-refractivity contribution in [1.82, 2.24) is 0 Å². The molecule has 0 aromatic heterocycles. The molecule has 0 radical (unpaired) electrons. The van der Waals surface area contributed by atoms with Crippen LogP contribution in [0.15, 0.2) is 24.3 Å². The van der Waals surface area contributed by atoms with E-state index in [2.05, 4.69) is 12.2 Å². The van der Waals surface area contributed by atoms with Crippen molar-refractivity contribution in [2.24, 2.45) is 0 Å². The molecule has 18 heavy (non-hydrogen) atoms. The molecular weight excluding hydrogens is 230 g/mol. The number of carbonyl (C=O) groups is 2. The number of benzene rings is 1. The molecule has 0 aliphatic carbocycles. The van der Waals surface area contributed by atoms with Crippen LogP contribution in [0.4, 0.5) is 5.69 Å². The van der Waals surface area contributed by atoms with Gasteiger partial charge in [-0.25, -0.2) is 0 Å². The second-order valence-electron chi connectivity index (χ2n) is 4.23. The first-order valence-electron chi connectivity index (χ1n) is 6.23. The van der Waals surface area contributed by atoms with Crippen LogP contribution in [0.25, 0.3) is 0 Å². The summed E-state index contributed by atoms with van der Waals surface area (Å²) in [5.74, 6) is -0.955. The highest BCUT2D eigenvalue weighted by molar-refractivity contribution is 5.92. The highest BCUT2D eigenvalue weighted by atomic mass is 16.4. The third-order valence-corrected chi connectivity index (χ3v) is 2.64. The van der Waals surface area contributed by atoms with Crippen LogP contribution in [0.1, 0.15) is 38.2 Å². The molecule has 4 heteroatoms. The summed E-state index contributed by atoms with van der Waals surface area (Å²) in [5.41, 5.74) is 1.23. The van der Waals surface area contributed by atoms with E-state index in [9.17, 15) is 9.59 Å². The maximum Gasteiger partial charge on any atom is 0.307 e. The first kappa shape index (κ1) is 14.2. The minimum absolute atomic E-state index is 0.0544. The summed E-state index contributed by atoms with van der Waals surface area (Å²) >= 11 is 0. The number of aliphatic carboxylic acids is 1. The fourth-order valence-corrected chi connectivity index (χ4v) is 1.71. The van der Waals surface area contributed by atoms with E-state index in [4.69, 9.17) is 5.11 Å². The molecule has 0 fully saturated rings. The van der Waals surface area contributed by atoms with Gasteiger partial charge in [0.25, 0.3) is 0 Å². The molecule has 2 N–H and O–H groups in total. The fourth-order valence-electron chi connectivity index (χ4n) is 1.71. The van der Waals surface area contributed by atoms with E-state index in [-0.39, 0.29) is 12.3 Å². The van der Waals surface area contributed by atoms with Crippen LogP contribution < -0.4 is 5.32 Å².